The molecule has 1 aliphatic heterocycles. The van der Waals surface area contributed by atoms with Gasteiger partial charge in [0, 0.05) is 17.0 Å². The minimum absolute atomic E-state index is 0.0324. The SMILES string of the molecule is O=[N+]([O-])c1ccc(F)c2c1C1C=CCC1C(c1ccc(Cl)cc1)N2. The van der Waals surface area contributed by atoms with Gasteiger partial charge in [0.05, 0.1) is 22.2 Å². The quantitative estimate of drug-likeness (QED) is 0.462. The van der Waals surface area contributed by atoms with Crippen LogP contribution in [0.15, 0.2) is 48.6 Å². The van der Waals surface area contributed by atoms with Crippen molar-refractivity contribution in [3.05, 3.63) is 80.6 Å². The minimum atomic E-state index is -0.465. The molecule has 0 radical (unpaired) electrons. The van der Waals surface area contributed by atoms with Crippen molar-refractivity contribution in [2.45, 2.75) is 18.4 Å². The molecule has 0 fully saturated rings. The van der Waals surface area contributed by atoms with E-state index >= 15 is 0 Å². The fourth-order valence-electron chi connectivity index (χ4n) is 3.81. The topological polar surface area (TPSA) is 55.2 Å². The van der Waals surface area contributed by atoms with Crippen molar-refractivity contribution >= 4 is 23.0 Å². The maximum absolute atomic E-state index is 14.4. The first-order valence-electron chi connectivity index (χ1n) is 7.71. The number of nitro benzene ring substituents is 1. The van der Waals surface area contributed by atoms with Gasteiger partial charge >= 0.3 is 0 Å². The van der Waals surface area contributed by atoms with Gasteiger partial charge in [-0.2, -0.15) is 0 Å². The van der Waals surface area contributed by atoms with E-state index in [9.17, 15) is 14.5 Å². The normalized spacial score (nSPS) is 24.2. The number of allylic oxidation sites excluding steroid dienone is 2. The van der Waals surface area contributed by atoms with E-state index in [0.29, 0.717) is 10.6 Å². The number of halogens is 2. The van der Waals surface area contributed by atoms with Gasteiger partial charge in [-0.05, 0) is 36.1 Å². The number of benzene rings is 2. The van der Waals surface area contributed by atoms with E-state index < -0.39 is 10.7 Å². The summed E-state index contributed by atoms with van der Waals surface area (Å²) in [5.74, 6) is -0.523. The highest BCUT2D eigenvalue weighted by Gasteiger charge is 2.42. The summed E-state index contributed by atoms with van der Waals surface area (Å²) in [7, 11) is 0. The number of rotatable bonds is 2. The lowest BCUT2D eigenvalue weighted by Gasteiger charge is -2.37. The molecule has 3 unspecified atom stereocenters. The van der Waals surface area contributed by atoms with Crippen molar-refractivity contribution in [1.29, 1.82) is 0 Å². The Bertz CT molecular complexity index is 851. The molecule has 1 N–H and O–H groups in total. The van der Waals surface area contributed by atoms with Gasteiger partial charge in [-0.15, -0.1) is 0 Å². The average Bonchev–Trinajstić information content (AvgIpc) is 3.05. The Kier molecular flexibility index (Phi) is 3.53. The molecular formula is C18H14ClFN2O2. The molecule has 2 aromatic carbocycles. The third-order valence-corrected chi connectivity index (χ3v) is 5.12. The molecule has 0 saturated carbocycles. The summed E-state index contributed by atoms with van der Waals surface area (Å²) in [5.41, 5.74) is 1.64. The van der Waals surface area contributed by atoms with Crippen molar-refractivity contribution < 1.29 is 9.31 Å². The lowest BCUT2D eigenvalue weighted by molar-refractivity contribution is -0.385. The molecular weight excluding hydrogens is 331 g/mol. The van der Waals surface area contributed by atoms with Crippen LogP contribution in [0.2, 0.25) is 5.02 Å². The summed E-state index contributed by atoms with van der Waals surface area (Å²) in [6.07, 6.45) is 4.77. The summed E-state index contributed by atoms with van der Waals surface area (Å²) in [6.45, 7) is 0. The van der Waals surface area contributed by atoms with E-state index in [4.69, 9.17) is 11.6 Å². The maximum Gasteiger partial charge on any atom is 0.275 e. The van der Waals surface area contributed by atoms with Crippen molar-refractivity contribution in [2.24, 2.45) is 5.92 Å². The Morgan fingerprint density at radius 1 is 1.21 bits per heavy atom. The Balaban J connectivity index is 1.86. The van der Waals surface area contributed by atoms with Crippen LogP contribution in [-0.4, -0.2) is 4.92 Å². The van der Waals surface area contributed by atoms with Crippen molar-refractivity contribution in [3.63, 3.8) is 0 Å². The van der Waals surface area contributed by atoms with Crippen molar-refractivity contribution in [3.8, 4) is 0 Å². The van der Waals surface area contributed by atoms with Gasteiger partial charge in [0.2, 0.25) is 0 Å². The number of hydrogen-bond donors (Lipinski definition) is 1. The molecule has 2 aliphatic rings. The van der Waals surface area contributed by atoms with Gasteiger partial charge in [-0.3, -0.25) is 10.1 Å². The zero-order chi connectivity index (χ0) is 16.8. The monoisotopic (exact) mass is 344 g/mol. The number of nitro groups is 1. The summed E-state index contributed by atoms with van der Waals surface area (Å²) in [4.78, 5) is 10.9. The standard InChI is InChI=1S/C18H14ClFN2O2/c19-11-6-4-10(5-7-11)17-13-3-1-2-12(13)16-15(22(23)24)9-8-14(20)18(16)21-17/h1-2,4-9,12-13,17,21H,3H2. The van der Waals surface area contributed by atoms with Gasteiger partial charge in [0.15, 0.2) is 0 Å². The van der Waals surface area contributed by atoms with E-state index in [2.05, 4.69) is 5.32 Å². The van der Waals surface area contributed by atoms with E-state index in [0.717, 1.165) is 18.1 Å². The second kappa shape index (κ2) is 5.60. The predicted octanol–water partition coefficient (Wildman–Crippen LogP) is 5.21. The molecule has 1 heterocycles. The third-order valence-electron chi connectivity index (χ3n) is 4.87. The Hall–Kier alpha value is -2.40. The van der Waals surface area contributed by atoms with E-state index in [1.54, 1.807) is 12.1 Å². The van der Waals surface area contributed by atoms with Gasteiger partial charge in [-0.1, -0.05) is 35.9 Å². The molecule has 0 spiro atoms. The third kappa shape index (κ3) is 2.27. The summed E-state index contributed by atoms with van der Waals surface area (Å²) >= 11 is 5.96. The first kappa shape index (κ1) is 15.1. The first-order chi connectivity index (χ1) is 11.6. The van der Waals surface area contributed by atoms with Crippen LogP contribution in [0.5, 0.6) is 0 Å². The van der Waals surface area contributed by atoms with Gasteiger partial charge in [0.1, 0.15) is 5.82 Å². The van der Waals surface area contributed by atoms with Crippen LogP contribution in [0.4, 0.5) is 15.8 Å². The largest absolute Gasteiger partial charge is 0.375 e. The van der Waals surface area contributed by atoms with Crippen LogP contribution in [0.3, 0.4) is 0 Å². The zero-order valence-electron chi connectivity index (χ0n) is 12.6. The highest BCUT2D eigenvalue weighted by molar-refractivity contribution is 6.30. The van der Waals surface area contributed by atoms with Crippen LogP contribution in [0.25, 0.3) is 0 Å². The van der Waals surface area contributed by atoms with Gasteiger partial charge < -0.3 is 5.32 Å². The van der Waals surface area contributed by atoms with Gasteiger partial charge in [0.25, 0.3) is 5.69 Å². The Labute approximate surface area is 143 Å². The minimum Gasteiger partial charge on any atom is -0.375 e. The molecule has 0 aromatic heterocycles. The molecule has 3 atom stereocenters. The van der Waals surface area contributed by atoms with E-state index in [-0.39, 0.29) is 29.3 Å². The number of nitrogens with zero attached hydrogens (tertiary/aromatic N) is 1. The number of anilines is 1. The molecule has 0 saturated heterocycles. The first-order valence-corrected chi connectivity index (χ1v) is 8.09. The fraction of sp³-hybridized carbons (Fsp3) is 0.222. The summed E-state index contributed by atoms with van der Waals surface area (Å²) in [5, 5.41) is 15.2. The molecule has 122 valence electrons. The molecule has 4 nitrogen and oxygen atoms in total. The van der Waals surface area contributed by atoms with Crippen LogP contribution in [0, 0.1) is 21.8 Å². The molecule has 2 aromatic rings. The predicted molar refractivity (Wildman–Crippen MR) is 90.9 cm³/mol. The van der Waals surface area contributed by atoms with Crippen LogP contribution in [-0.2, 0) is 0 Å². The lowest BCUT2D eigenvalue weighted by atomic mass is 9.76. The number of hydrogen-bond acceptors (Lipinski definition) is 3. The molecule has 6 heteroatoms. The Morgan fingerprint density at radius 3 is 2.67 bits per heavy atom. The number of nitrogens with one attached hydrogen (secondary N) is 1. The second-order valence-corrected chi connectivity index (χ2v) is 6.58. The van der Waals surface area contributed by atoms with E-state index in [1.165, 1.54) is 6.07 Å². The molecule has 24 heavy (non-hydrogen) atoms. The summed E-state index contributed by atoms with van der Waals surface area (Å²) < 4.78 is 14.4. The highest BCUT2D eigenvalue weighted by Crippen LogP contribution is 2.53. The zero-order valence-corrected chi connectivity index (χ0v) is 13.3. The molecule has 0 amide bonds. The molecule has 4 rings (SSSR count). The number of fused-ring (bicyclic) bond motifs is 3. The maximum atomic E-state index is 14.4. The van der Waals surface area contributed by atoms with E-state index in [1.807, 2.05) is 24.3 Å². The van der Waals surface area contributed by atoms with Crippen molar-refractivity contribution in [2.75, 3.05) is 5.32 Å². The fourth-order valence-corrected chi connectivity index (χ4v) is 3.94. The molecule has 1 aliphatic carbocycles. The average molecular weight is 345 g/mol. The second-order valence-electron chi connectivity index (χ2n) is 6.14. The van der Waals surface area contributed by atoms with Crippen molar-refractivity contribution in [1.82, 2.24) is 0 Å². The van der Waals surface area contributed by atoms with Crippen LogP contribution in [0.1, 0.15) is 29.5 Å². The smallest absolute Gasteiger partial charge is 0.275 e. The van der Waals surface area contributed by atoms with Crippen LogP contribution >= 0.6 is 11.6 Å². The Morgan fingerprint density at radius 2 is 1.96 bits per heavy atom. The van der Waals surface area contributed by atoms with Crippen LogP contribution < -0.4 is 5.32 Å². The van der Waals surface area contributed by atoms with Gasteiger partial charge in [-0.25, -0.2) is 4.39 Å². The highest BCUT2D eigenvalue weighted by atomic mass is 35.5. The molecule has 0 bridgehead atoms. The summed E-state index contributed by atoms with van der Waals surface area (Å²) in [6, 6.07) is 9.71. The lowest BCUT2D eigenvalue weighted by Crippen LogP contribution is -2.30.